The number of aliphatic hydroxyl groups is 1. The third kappa shape index (κ3) is 2.85. The molecule has 12 heavy (non-hydrogen) atoms. The Morgan fingerprint density at radius 2 is 2.67 bits per heavy atom. The van der Waals surface area contributed by atoms with Crippen LogP contribution in [0, 0.1) is 0 Å². The van der Waals surface area contributed by atoms with E-state index in [-0.39, 0.29) is 13.2 Å². The van der Waals surface area contributed by atoms with Crippen molar-refractivity contribution in [2.75, 3.05) is 18.5 Å². The standard InChI is InChI=1S/C6H8N2O3S/c9-2-3-11-6(10)8-5-7-1-4-12-5/h1,4,9H,2-3H2,(H,7,8,10). The molecular weight excluding hydrogens is 180 g/mol. The normalized spacial score (nSPS) is 9.42. The highest BCUT2D eigenvalue weighted by atomic mass is 32.1. The van der Waals surface area contributed by atoms with Gasteiger partial charge in [-0.3, -0.25) is 5.32 Å². The summed E-state index contributed by atoms with van der Waals surface area (Å²) >= 11 is 1.30. The Morgan fingerprint density at radius 3 is 3.25 bits per heavy atom. The van der Waals surface area contributed by atoms with Gasteiger partial charge in [0, 0.05) is 11.6 Å². The van der Waals surface area contributed by atoms with Gasteiger partial charge in [-0.1, -0.05) is 0 Å². The predicted octanol–water partition coefficient (Wildman–Crippen LogP) is 0.684. The van der Waals surface area contributed by atoms with Crippen molar-refractivity contribution in [3.05, 3.63) is 11.6 Å². The monoisotopic (exact) mass is 188 g/mol. The van der Waals surface area contributed by atoms with Gasteiger partial charge >= 0.3 is 6.09 Å². The van der Waals surface area contributed by atoms with Crippen LogP contribution in [0.2, 0.25) is 0 Å². The number of ether oxygens (including phenoxy) is 1. The number of hydrogen-bond acceptors (Lipinski definition) is 5. The van der Waals surface area contributed by atoms with Crippen LogP contribution in [0.1, 0.15) is 0 Å². The van der Waals surface area contributed by atoms with Gasteiger partial charge in [0.2, 0.25) is 0 Å². The minimum Gasteiger partial charge on any atom is -0.447 e. The smallest absolute Gasteiger partial charge is 0.413 e. The number of aromatic nitrogens is 1. The molecule has 0 aromatic carbocycles. The molecule has 5 nitrogen and oxygen atoms in total. The van der Waals surface area contributed by atoms with Crippen molar-refractivity contribution < 1.29 is 14.6 Å². The van der Waals surface area contributed by atoms with E-state index in [0.29, 0.717) is 5.13 Å². The zero-order valence-electron chi connectivity index (χ0n) is 6.19. The highest BCUT2D eigenvalue weighted by Crippen LogP contribution is 2.09. The lowest BCUT2D eigenvalue weighted by Gasteiger charge is -2.01. The van der Waals surface area contributed by atoms with Crippen molar-refractivity contribution in [1.29, 1.82) is 0 Å². The number of carbonyl (C=O) groups excluding carboxylic acids is 1. The minimum absolute atomic E-state index is 0.00277. The zero-order chi connectivity index (χ0) is 8.81. The summed E-state index contributed by atoms with van der Waals surface area (Å²) in [6.07, 6.45) is 0.978. The van der Waals surface area contributed by atoms with Gasteiger partial charge in [-0.25, -0.2) is 9.78 Å². The maximum Gasteiger partial charge on any atom is 0.413 e. The van der Waals surface area contributed by atoms with Gasteiger partial charge in [-0.2, -0.15) is 0 Å². The molecule has 0 saturated heterocycles. The van der Waals surface area contributed by atoms with Crippen LogP contribution in [0.25, 0.3) is 0 Å². The number of carbonyl (C=O) groups is 1. The number of rotatable bonds is 3. The number of thiazole rings is 1. The van der Waals surface area contributed by atoms with E-state index in [9.17, 15) is 4.79 Å². The molecule has 0 aliphatic carbocycles. The highest BCUT2D eigenvalue weighted by Gasteiger charge is 2.02. The Kier molecular flexibility index (Phi) is 3.49. The van der Waals surface area contributed by atoms with Gasteiger partial charge in [0.05, 0.1) is 6.61 Å². The van der Waals surface area contributed by atoms with Crippen molar-refractivity contribution in [2.45, 2.75) is 0 Å². The first-order chi connectivity index (χ1) is 5.83. The molecule has 0 fully saturated rings. The van der Waals surface area contributed by atoms with Crippen LogP contribution in [0.15, 0.2) is 11.6 Å². The van der Waals surface area contributed by atoms with Gasteiger partial charge in [0.25, 0.3) is 0 Å². The number of anilines is 1. The zero-order valence-corrected chi connectivity index (χ0v) is 7.00. The Labute approximate surface area is 73.0 Å². The number of nitrogens with zero attached hydrogens (tertiary/aromatic N) is 1. The fourth-order valence-electron chi connectivity index (χ4n) is 0.547. The number of amides is 1. The Hall–Kier alpha value is -1.14. The van der Waals surface area contributed by atoms with Crippen molar-refractivity contribution in [2.24, 2.45) is 0 Å². The largest absolute Gasteiger partial charge is 0.447 e. The summed E-state index contributed by atoms with van der Waals surface area (Å²) in [5.74, 6) is 0. The maximum atomic E-state index is 10.8. The quantitative estimate of drug-likeness (QED) is 0.731. The lowest BCUT2D eigenvalue weighted by Crippen LogP contribution is -2.15. The Morgan fingerprint density at radius 1 is 1.83 bits per heavy atom. The third-order valence-electron chi connectivity index (χ3n) is 0.966. The van der Waals surface area contributed by atoms with Crippen molar-refractivity contribution >= 4 is 22.6 Å². The third-order valence-corrected chi connectivity index (χ3v) is 1.65. The second-order valence-corrected chi connectivity index (χ2v) is 2.72. The molecule has 0 aliphatic heterocycles. The van der Waals surface area contributed by atoms with E-state index in [1.54, 1.807) is 11.6 Å². The molecule has 1 amide bonds. The average Bonchev–Trinajstić information content (AvgIpc) is 2.53. The second-order valence-electron chi connectivity index (χ2n) is 1.82. The molecule has 0 atom stereocenters. The van der Waals surface area contributed by atoms with Crippen LogP contribution in [0.4, 0.5) is 9.93 Å². The lowest BCUT2D eigenvalue weighted by atomic mass is 10.8. The van der Waals surface area contributed by atoms with Gasteiger partial charge in [0.15, 0.2) is 5.13 Å². The van der Waals surface area contributed by atoms with Crippen LogP contribution >= 0.6 is 11.3 Å². The summed E-state index contributed by atoms with van der Waals surface area (Å²) in [5.41, 5.74) is 0. The highest BCUT2D eigenvalue weighted by molar-refractivity contribution is 7.13. The first kappa shape index (κ1) is 8.95. The first-order valence-electron chi connectivity index (χ1n) is 3.27. The molecule has 1 rings (SSSR count). The van der Waals surface area contributed by atoms with E-state index in [2.05, 4.69) is 15.0 Å². The van der Waals surface area contributed by atoms with Crippen molar-refractivity contribution in [1.82, 2.24) is 4.98 Å². The maximum absolute atomic E-state index is 10.8. The van der Waals surface area contributed by atoms with Gasteiger partial charge < -0.3 is 9.84 Å². The second kappa shape index (κ2) is 4.68. The summed E-state index contributed by atoms with van der Waals surface area (Å²) in [6.45, 7) is -0.178. The van der Waals surface area contributed by atoms with E-state index in [4.69, 9.17) is 5.11 Å². The van der Waals surface area contributed by atoms with Crippen LogP contribution in [0.5, 0.6) is 0 Å². The van der Waals surface area contributed by atoms with E-state index >= 15 is 0 Å². The number of aliphatic hydroxyl groups excluding tert-OH is 1. The topological polar surface area (TPSA) is 71.5 Å². The molecule has 2 N–H and O–H groups in total. The number of hydrogen-bond donors (Lipinski definition) is 2. The SMILES string of the molecule is O=C(Nc1nccs1)OCCO. The number of nitrogens with one attached hydrogen (secondary N) is 1. The van der Waals surface area contributed by atoms with E-state index < -0.39 is 6.09 Å². The molecule has 0 bridgehead atoms. The van der Waals surface area contributed by atoms with E-state index in [0.717, 1.165) is 0 Å². The van der Waals surface area contributed by atoms with Gasteiger partial charge in [-0.15, -0.1) is 11.3 Å². The molecule has 1 heterocycles. The molecule has 0 radical (unpaired) electrons. The molecule has 1 aromatic rings. The van der Waals surface area contributed by atoms with Crippen molar-refractivity contribution in [3.8, 4) is 0 Å². The molecular formula is C6H8N2O3S. The molecule has 66 valence electrons. The summed E-state index contributed by atoms with van der Waals surface area (Å²) in [7, 11) is 0. The molecule has 0 aliphatic rings. The van der Waals surface area contributed by atoms with Crippen LogP contribution in [0.3, 0.4) is 0 Å². The molecule has 0 spiro atoms. The molecule has 6 heteroatoms. The average molecular weight is 188 g/mol. The predicted molar refractivity (Wildman–Crippen MR) is 44.2 cm³/mol. The fraction of sp³-hybridized carbons (Fsp3) is 0.333. The summed E-state index contributed by atoms with van der Waals surface area (Å²) < 4.78 is 4.53. The minimum atomic E-state index is -0.598. The molecule has 0 saturated carbocycles. The first-order valence-corrected chi connectivity index (χ1v) is 4.15. The summed E-state index contributed by atoms with van der Waals surface area (Å²) in [5, 5.41) is 12.9. The van der Waals surface area contributed by atoms with E-state index in [1.165, 1.54) is 11.3 Å². The van der Waals surface area contributed by atoms with Gasteiger partial charge in [-0.05, 0) is 0 Å². The van der Waals surface area contributed by atoms with Crippen molar-refractivity contribution in [3.63, 3.8) is 0 Å². The van der Waals surface area contributed by atoms with Gasteiger partial charge in [0.1, 0.15) is 6.61 Å². The fourth-order valence-corrected chi connectivity index (χ4v) is 1.06. The molecule has 0 unspecified atom stereocenters. The van der Waals surface area contributed by atoms with Crippen LogP contribution < -0.4 is 5.32 Å². The summed E-state index contributed by atoms with van der Waals surface area (Å²) in [6, 6.07) is 0. The van der Waals surface area contributed by atoms with Crippen LogP contribution in [-0.4, -0.2) is 29.4 Å². The summed E-state index contributed by atoms with van der Waals surface area (Å²) in [4.78, 5) is 14.6. The molecule has 1 aromatic heterocycles. The van der Waals surface area contributed by atoms with E-state index in [1.807, 2.05) is 0 Å². The lowest BCUT2D eigenvalue weighted by molar-refractivity contribution is 0.131. The Balaban J connectivity index is 2.27. The Bertz CT molecular complexity index is 237. The van der Waals surface area contributed by atoms with Crippen LogP contribution in [-0.2, 0) is 4.74 Å².